The van der Waals surface area contributed by atoms with Crippen LogP contribution in [-0.2, 0) is 16.0 Å². The number of aromatic amines is 1. The third kappa shape index (κ3) is 4.30. The molecule has 0 spiro atoms. The van der Waals surface area contributed by atoms with E-state index in [-0.39, 0.29) is 18.9 Å². The van der Waals surface area contributed by atoms with Gasteiger partial charge in [0.1, 0.15) is 12.6 Å². The monoisotopic (exact) mass is 502 g/mol. The number of carboxylic acid groups (broad SMARTS) is 1. The van der Waals surface area contributed by atoms with Crippen LogP contribution in [-0.4, -0.2) is 34.8 Å². The Labute approximate surface area is 219 Å². The maximum atomic E-state index is 12.9. The molecule has 1 heterocycles. The van der Waals surface area contributed by atoms with Crippen LogP contribution in [0, 0.1) is 0 Å². The highest BCUT2D eigenvalue weighted by Gasteiger charge is 2.30. The molecule has 1 aliphatic rings. The van der Waals surface area contributed by atoms with Gasteiger partial charge >= 0.3 is 12.1 Å². The van der Waals surface area contributed by atoms with Gasteiger partial charge in [-0.3, -0.25) is 0 Å². The molecule has 1 amide bonds. The number of hydrogen-bond acceptors (Lipinski definition) is 3. The van der Waals surface area contributed by atoms with Crippen molar-refractivity contribution >= 4 is 23.0 Å². The Kier molecular flexibility index (Phi) is 6.14. The Hall–Kier alpha value is -4.84. The molecular formula is C32H26N2O4. The standard InChI is InChI=1S/C32H26N2O4/c35-31(36)29(18-26-25-16-8-9-17-28(25)33-30(26)20-10-2-1-3-11-20)34-32(37)38-19-27-23-14-6-4-12-21(23)22-13-5-7-15-24(22)27/h1-17,27,29,33H,18-19H2,(H,34,37)(H,35,36). The predicted molar refractivity (Wildman–Crippen MR) is 147 cm³/mol. The Morgan fingerprint density at radius 3 is 2.11 bits per heavy atom. The zero-order valence-electron chi connectivity index (χ0n) is 20.6. The zero-order chi connectivity index (χ0) is 26.1. The van der Waals surface area contributed by atoms with Crippen LogP contribution in [0.4, 0.5) is 4.79 Å². The summed E-state index contributed by atoms with van der Waals surface area (Å²) >= 11 is 0. The summed E-state index contributed by atoms with van der Waals surface area (Å²) in [6.07, 6.45) is -0.645. The molecule has 1 unspecified atom stereocenters. The summed E-state index contributed by atoms with van der Waals surface area (Å²) in [7, 11) is 0. The second-order valence-electron chi connectivity index (χ2n) is 9.45. The number of amides is 1. The summed E-state index contributed by atoms with van der Waals surface area (Å²) in [5.74, 6) is -1.22. The molecule has 6 heteroatoms. The van der Waals surface area contributed by atoms with Gasteiger partial charge in [0.2, 0.25) is 0 Å². The van der Waals surface area contributed by atoms with Crippen LogP contribution in [0.25, 0.3) is 33.3 Å². The molecule has 1 atom stereocenters. The van der Waals surface area contributed by atoms with Crippen LogP contribution in [0.5, 0.6) is 0 Å². The highest BCUT2D eigenvalue weighted by Crippen LogP contribution is 2.44. The molecule has 5 aromatic rings. The lowest BCUT2D eigenvalue weighted by atomic mass is 9.98. The molecule has 1 aromatic heterocycles. The zero-order valence-corrected chi connectivity index (χ0v) is 20.6. The Morgan fingerprint density at radius 2 is 1.42 bits per heavy atom. The predicted octanol–water partition coefficient (Wildman–Crippen LogP) is 6.37. The fourth-order valence-corrected chi connectivity index (χ4v) is 5.45. The molecule has 188 valence electrons. The van der Waals surface area contributed by atoms with E-state index >= 15 is 0 Å². The molecule has 0 aliphatic heterocycles. The first-order chi connectivity index (χ1) is 18.6. The van der Waals surface area contributed by atoms with Crippen molar-refractivity contribution in [2.45, 2.75) is 18.4 Å². The quantitative estimate of drug-likeness (QED) is 0.241. The topological polar surface area (TPSA) is 91.4 Å². The number of alkyl carbamates (subject to hydrolysis) is 1. The van der Waals surface area contributed by atoms with E-state index in [4.69, 9.17) is 4.74 Å². The van der Waals surface area contributed by atoms with Crippen molar-refractivity contribution in [3.8, 4) is 22.4 Å². The summed E-state index contributed by atoms with van der Waals surface area (Å²) in [6.45, 7) is 0.120. The number of aliphatic carboxylic acids is 1. The molecule has 0 bridgehead atoms. The van der Waals surface area contributed by atoms with Gasteiger partial charge in [0.05, 0.1) is 0 Å². The lowest BCUT2D eigenvalue weighted by Crippen LogP contribution is -2.43. The summed E-state index contributed by atoms with van der Waals surface area (Å²) in [4.78, 5) is 28.6. The van der Waals surface area contributed by atoms with Crippen molar-refractivity contribution in [1.82, 2.24) is 10.3 Å². The van der Waals surface area contributed by atoms with Gasteiger partial charge in [0, 0.05) is 28.9 Å². The lowest BCUT2D eigenvalue weighted by Gasteiger charge is -2.18. The SMILES string of the molecule is O=C(NC(Cc1c(-c2ccccc2)[nH]c2ccccc12)C(=O)O)OCC1c2ccccc2-c2ccccc21. The number of carboxylic acids is 1. The number of nitrogens with one attached hydrogen (secondary N) is 2. The molecule has 0 saturated carbocycles. The van der Waals surface area contributed by atoms with E-state index in [1.807, 2.05) is 91.0 Å². The number of H-pyrrole nitrogens is 1. The largest absolute Gasteiger partial charge is 0.480 e. The van der Waals surface area contributed by atoms with Crippen LogP contribution in [0.3, 0.4) is 0 Å². The van der Waals surface area contributed by atoms with E-state index in [0.29, 0.717) is 0 Å². The molecular weight excluding hydrogens is 476 g/mol. The molecule has 4 aromatic carbocycles. The van der Waals surface area contributed by atoms with E-state index in [0.717, 1.165) is 50.0 Å². The molecule has 6 nitrogen and oxygen atoms in total. The number of carbonyl (C=O) groups is 2. The molecule has 1 aliphatic carbocycles. The normalized spacial score (nSPS) is 13.1. The van der Waals surface area contributed by atoms with E-state index < -0.39 is 18.1 Å². The maximum Gasteiger partial charge on any atom is 0.407 e. The van der Waals surface area contributed by atoms with Crippen molar-refractivity contribution in [3.63, 3.8) is 0 Å². The minimum atomic E-state index is -1.16. The first-order valence-electron chi connectivity index (χ1n) is 12.6. The van der Waals surface area contributed by atoms with Gasteiger partial charge in [0.25, 0.3) is 0 Å². The number of rotatable bonds is 7. The number of carbonyl (C=O) groups excluding carboxylic acids is 1. The van der Waals surface area contributed by atoms with E-state index in [1.165, 1.54) is 0 Å². The summed E-state index contributed by atoms with van der Waals surface area (Å²) < 4.78 is 5.62. The van der Waals surface area contributed by atoms with E-state index in [1.54, 1.807) is 0 Å². The fourth-order valence-electron chi connectivity index (χ4n) is 5.45. The van der Waals surface area contributed by atoms with Crippen molar-refractivity contribution in [3.05, 3.63) is 120 Å². The molecule has 0 fully saturated rings. The van der Waals surface area contributed by atoms with Gasteiger partial charge in [-0.1, -0.05) is 97.1 Å². The highest BCUT2D eigenvalue weighted by atomic mass is 16.5. The Morgan fingerprint density at radius 1 is 0.816 bits per heavy atom. The number of fused-ring (bicyclic) bond motifs is 4. The van der Waals surface area contributed by atoms with Crippen LogP contribution >= 0.6 is 0 Å². The van der Waals surface area contributed by atoms with Crippen molar-refractivity contribution < 1.29 is 19.4 Å². The Bertz CT molecular complexity index is 1590. The third-order valence-corrected chi connectivity index (χ3v) is 7.22. The van der Waals surface area contributed by atoms with Gasteiger partial charge in [-0.2, -0.15) is 0 Å². The number of benzene rings is 4. The lowest BCUT2D eigenvalue weighted by molar-refractivity contribution is -0.139. The van der Waals surface area contributed by atoms with Crippen molar-refractivity contribution in [2.24, 2.45) is 0 Å². The van der Waals surface area contributed by atoms with Crippen molar-refractivity contribution in [1.29, 1.82) is 0 Å². The second-order valence-corrected chi connectivity index (χ2v) is 9.45. The summed E-state index contributed by atoms with van der Waals surface area (Å²) in [5.41, 5.74) is 7.99. The third-order valence-electron chi connectivity index (χ3n) is 7.22. The minimum absolute atomic E-state index is 0.102. The average Bonchev–Trinajstić information content (AvgIpc) is 3.48. The van der Waals surface area contributed by atoms with Gasteiger partial charge in [-0.25, -0.2) is 9.59 Å². The number of hydrogen-bond donors (Lipinski definition) is 3. The van der Waals surface area contributed by atoms with Crippen LogP contribution in [0.1, 0.15) is 22.6 Å². The maximum absolute atomic E-state index is 12.9. The fraction of sp³-hybridized carbons (Fsp3) is 0.125. The first kappa shape index (κ1) is 23.6. The molecule has 0 saturated heterocycles. The number of aromatic nitrogens is 1. The molecule has 3 N–H and O–H groups in total. The number of ether oxygens (including phenoxy) is 1. The Balaban J connectivity index is 1.22. The highest BCUT2D eigenvalue weighted by molar-refractivity contribution is 5.92. The van der Waals surface area contributed by atoms with E-state index in [2.05, 4.69) is 22.4 Å². The van der Waals surface area contributed by atoms with Gasteiger partial charge < -0.3 is 20.1 Å². The first-order valence-corrected chi connectivity index (χ1v) is 12.6. The summed E-state index contributed by atoms with van der Waals surface area (Å²) in [6, 6.07) is 32.5. The van der Waals surface area contributed by atoms with Gasteiger partial charge in [-0.15, -0.1) is 0 Å². The molecule has 6 rings (SSSR count). The summed E-state index contributed by atoms with van der Waals surface area (Å²) in [5, 5.41) is 13.5. The average molecular weight is 503 g/mol. The molecule has 0 radical (unpaired) electrons. The van der Waals surface area contributed by atoms with Gasteiger partial charge in [-0.05, 0) is 39.4 Å². The van der Waals surface area contributed by atoms with Crippen LogP contribution < -0.4 is 5.32 Å². The number of para-hydroxylation sites is 1. The van der Waals surface area contributed by atoms with Crippen LogP contribution in [0.15, 0.2) is 103 Å². The second kappa shape index (κ2) is 9.90. The molecule has 38 heavy (non-hydrogen) atoms. The smallest absolute Gasteiger partial charge is 0.407 e. The van der Waals surface area contributed by atoms with Gasteiger partial charge in [0.15, 0.2) is 0 Å². The van der Waals surface area contributed by atoms with E-state index in [9.17, 15) is 14.7 Å². The van der Waals surface area contributed by atoms with Crippen molar-refractivity contribution in [2.75, 3.05) is 6.61 Å². The van der Waals surface area contributed by atoms with Crippen LogP contribution in [0.2, 0.25) is 0 Å². The minimum Gasteiger partial charge on any atom is -0.480 e.